The lowest BCUT2D eigenvalue weighted by Gasteiger charge is -2.07. The van der Waals surface area contributed by atoms with Crippen molar-refractivity contribution in [1.82, 2.24) is 14.8 Å². The second-order valence-electron chi connectivity index (χ2n) is 5.62. The Morgan fingerprint density at radius 2 is 1.68 bits per heavy atom. The van der Waals surface area contributed by atoms with Crippen molar-refractivity contribution in [3.8, 4) is 0 Å². The third kappa shape index (κ3) is 6.93. The average Bonchev–Trinajstić information content (AvgIpc) is 3.06. The van der Waals surface area contributed by atoms with Crippen LogP contribution in [-0.4, -0.2) is 42.1 Å². The first-order valence-electron chi connectivity index (χ1n) is 8.07. The number of hydrogen-bond acceptors (Lipinski definition) is 5. The highest BCUT2D eigenvalue weighted by Gasteiger charge is 2.17. The first-order valence-corrected chi connectivity index (χ1v) is 10.5. The highest BCUT2D eigenvalue weighted by atomic mass is 35.5. The monoisotopic (exact) mass is 405 g/mol. The molecule has 1 aromatic heterocycles. The summed E-state index contributed by atoms with van der Waals surface area (Å²) in [6.07, 6.45) is 6.53. The van der Waals surface area contributed by atoms with Crippen molar-refractivity contribution in [2.75, 3.05) is 19.0 Å². The highest BCUT2D eigenvalue weighted by molar-refractivity contribution is 7.91. The number of benzene rings is 1. The van der Waals surface area contributed by atoms with Crippen molar-refractivity contribution >= 4 is 33.0 Å². The van der Waals surface area contributed by atoms with Gasteiger partial charge in [0.05, 0.1) is 15.7 Å². The van der Waals surface area contributed by atoms with Gasteiger partial charge in [-0.2, -0.15) is 0 Å². The van der Waals surface area contributed by atoms with Gasteiger partial charge in [-0.25, -0.2) is 8.42 Å². The van der Waals surface area contributed by atoms with Gasteiger partial charge in [0.15, 0.2) is 9.84 Å². The molecule has 0 radical (unpaired) electrons. The molecule has 0 saturated heterocycles. The van der Waals surface area contributed by atoms with Gasteiger partial charge in [0.2, 0.25) is 0 Å². The maximum atomic E-state index is 12.3. The summed E-state index contributed by atoms with van der Waals surface area (Å²) in [6, 6.07) is 4.43. The quantitative estimate of drug-likeness (QED) is 0.533. The molecule has 0 saturated carbocycles. The third-order valence-electron chi connectivity index (χ3n) is 3.60. The fraction of sp³-hybridized carbons (Fsp3) is 0.500. The molecule has 0 spiro atoms. The predicted molar refractivity (Wildman–Crippen MR) is 97.8 cm³/mol. The lowest BCUT2D eigenvalue weighted by molar-refractivity contribution is 0.127. The summed E-state index contributed by atoms with van der Waals surface area (Å²) in [5.41, 5.74) is 0. The number of nitrogens with zero attached hydrogens (tertiary/aromatic N) is 3. The van der Waals surface area contributed by atoms with E-state index < -0.39 is 9.84 Å². The Balaban J connectivity index is 1.57. The van der Waals surface area contributed by atoms with Gasteiger partial charge in [-0.05, 0) is 43.9 Å². The van der Waals surface area contributed by atoms with E-state index in [0.717, 1.165) is 19.4 Å². The van der Waals surface area contributed by atoms with Gasteiger partial charge < -0.3 is 9.30 Å². The van der Waals surface area contributed by atoms with Crippen LogP contribution in [0, 0.1) is 0 Å². The van der Waals surface area contributed by atoms with E-state index in [1.54, 1.807) is 12.7 Å². The largest absolute Gasteiger partial charge is 0.381 e. The summed E-state index contributed by atoms with van der Waals surface area (Å²) < 4.78 is 32.0. The Morgan fingerprint density at radius 1 is 1.00 bits per heavy atom. The van der Waals surface area contributed by atoms with E-state index in [-0.39, 0.29) is 15.7 Å². The molecule has 1 aromatic carbocycles. The first-order chi connectivity index (χ1) is 12.0. The number of rotatable bonds is 11. The molecule has 0 amide bonds. The van der Waals surface area contributed by atoms with Crippen LogP contribution in [0.4, 0.5) is 0 Å². The Kier molecular flexibility index (Phi) is 8.15. The molecule has 2 rings (SSSR count). The topological polar surface area (TPSA) is 74.1 Å². The summed E-state index contributed by atoms with van der Waals surface area (Å²) in [5, 5.41) is 8.06. The maximum Gasteiger partial charge on any atom is 0.179 e. The van der Waals surface area contributed by atoms with Crippen LogP contribution in [0.5, 0.6) is 0 Å². The van der Waals surface area contributed by atoms with Crippen molar-refractivity contribution in [2.24, 2.45) is 0 Å². The highest BCUT2D eigenvalue weighted by Crippen LogP contribution is 2.26. The zero-order chi connectivity index (χ0) is 18.1. The van der Waals surface area contributed by atoms with E-state index in [4.69, 9.17) is 27.9 Å². The number of aryl methyl sites for hydroxylation is 1. The second-order valence-corrected chi connectivity index (χ2v) is 8.54. The van der Waals surface area contributed by atoms with Gasteiger partial charge in [-0.3, -0.25) is 0 Å². The van der Waals surface area contributed by atoms with Crippen LogP contribution in [0.15, 0.2) is 35.7 Å². The van der Waals surface area contributed by atoms with Crippen LogP contribution in [0.3, 0.4) is 0 Å². The molecule has 0 fully saturated rings. The summed E-state index contributed by atoms with van der Waals surface area (Å²) in [4.78, 5) is 0.133. The Labute approximate surface area is 158 Å². The lowest BCUT2D eigenvalue weighted by atomic mass is 10.3. The average molecular weight is 406 g/mol. The van der Waals surface area contributed by atoms with E-state index >= 15 is 0 Å². The molecule has 0 unspecified atom stereocenters. The molecule has 0 N–H and O–H groups in total. The van der Waals surface area contributed by atoms with Crippen LogP contribution in [-0.2, 0) is 21.1 Å². The van der Waals surface area contributed by atoms with E-state index in [0.29, 0.717) is 31.1 Å². The summed E-state index contributed by atoms with van der Waals surface area (Å²) in [5.74, 6) is 0.0470. The van der Waals surface area contributed by atoms with Crippen LogP contribution < -0.4 is 0 Å². The molecule has 25 heavy (non-hydrogen) atoms. The molecule has 138 valence electrons. The van der Waals surface area contributed by atoms with Gasteiger partial charge in [0.1, 0.15) is 12.7 Å². The number of aromatic nitrogens is 3. The number of hydrogen-bond donors (Lipinski definition) is 0. The number of sulfone groups is 1. The van der Waals surface area contributed by atoms with Crippen LogP contribution in [0.25, 0.3) is 0 Å². The van der Waals surface area contributed by atoms with Gasteiger partial charge in [0, 0.05) is 24.8 Å². The molecule has 1 heterocycles. The molecular formula is C16H21Cl2N3O3S. The second kappa shape index (κ2) is 10.1. The number of halogens is 2. The zero-order valence-electron chi connectivity index (χ0n) is 13.8. The molecule has 0 bridgehead atoms. The Morgan fingerprint density at radius 3 is 2.36 bits per heavy atom. The molecule has 0 aliphatic carbocycles. The normalized spacial score (nSPS) is 11.8. The standard InChI is InChI=1S/C16H21Cl2N3O3S/c17-14-5-6-16(15(18)11-14)25(22,23)10-4-3-9-24-8-2-1-7-21-12-19-20-13-21/h5-6,11-13H,1-4,7-10H2. The van der Waals surface area contributed by atoms with Crippen molar-refractivity contribution < 1.29 is 13.2 Å². The van der Waals surface area contributed by atoms with Gasteiger partial charge >= 0.3 is 0 Å². The fourth-order valence-electron chi connectivity index (χ4n) is 2.27. The Hall–Kier alpha value is -1.15. The van der Waals surface area contributed by atoms with E-state index in [1.165, 1.54) is 18.2 Å². The minimum atomic E-state index is -3.39. The van der Waals surface area contributed by atoms with Gasteiger partial charge in [0.25, 0.3) is 0 Å². The summed E-state index contributed by atoms with van der Waals surface area (Å²) in [7, 11) is -3.39. The molecule has 9 heteroatoms. The van der Waals surface area contributed by atoms with Gasteiger partial charge in [-0.1, -0.05) is 23.2 Å². The first kappa shape index (κ1) is 20.2. The van der Waals surface area contributed by atoms with Crippen LogP contribution >= 0.6 is 23.2 Å². The fourth-order valence-corrected chi connectivity index (χ4v) is 4.47. The predicted octanol–water partition coefficient (Wildman–Crippen LogP) is 3.64. The minimum absolute atomic E-state index is 0.0470. The molecule has 0 atom stereocenters. The number of unbranched alkanes of at least 4 members (excludes halogenated alkanes) is 2. The number of ether oxygens (including phenoxy) is 1. The van der Waals surface area contributed by atoms with Crippen molar-refractivity contribution in [3.63, 3.8) is 0 Å². The van der Waals surface area contributed by atoms with Crippen LogP contribution in [0.1, 0.15) is 25.7 Å². The van der Waals surface area contributed by atoms with E-state index in [2.05, 4.69) is 10.2 Å². The lowest BCUT2D eigenvalue weighted by Crippen LogP contribution is -2.09. The summed E-state index contributed by atoms with van der Waals surface area (Å²) in [6.45, 7) is 2.09. The Bertz CT molecular complexity index is 752. The molecule has 6 nitrogen and oxygen atoms in total. The third-order valence-corrected chi connectivity index (χ3v) is 6.11. The van der Waals surface area contributed by atoms with Gasteiger partial charge in [-0.15, -0.1) is 10.2 Å². The van der Waals surface area contributed by atoms with E-state index in [9.17, 15) is 8.42 Å². The minimum Gasteiger partial charge on any atom is -0.381 e. The summed E-state index contributed by atoms with van der Waals surface area (Å²) >= 11 is 11.8. The van der Waals surface area contributed by atoms with E-state index in [1.807, 2.05) is 4.57 Å². The smallest absolute Gasteiger partial charge is 0.179 e. The van der Waals surface area contributed by atoms with Crippen molar-refractivity contribution in [1.29, 1.82) is 0 Å². The maximum absolute atomic E-state index is 12.3. The molecular weight excluding hydrogens is 385 g/mol. The van der Waals surface area contributed by atoms with Crippen LogP contribution in [0.2, 0.25) is 10.0 Å². The molecule has 0 aliphatic rings. The van der Waals surface area contributed by atoms with Crippen molar-refractivity contribution in [3.05, 3.63) is 40.9 Å². The van der Waals surface area contributed by atoms with Crippen molar-refractivity contribution in [2.45, 2.75) is 37.1 Å². The molecule has 0 aliphatic heterocycles. The molecule has 2 aromatic rings. The SMILES string of the molecule is O=S(=O)(CCCCOCCCCn1cnnc1)c1ccc(Cl)cc1Cl. The zero-order valence-corrected chi connectivity index (χ0v) is 16.1.